The van der Waals surface area contributed by atoms with E-state index >= 15 is 0 Å². The molecule has 6 heteroatoms. The lowest BCUT2D eigenvalue weighted by Gasteiger charge is -2.35. The van der Waals surface area contributed by atoms with Crippen molar-refractivity contribution in [3.63, 3.8) is 0 Å². The summed E-state index contributed by atoms with van der Waals surface area (Å²) in [5.74, 6) is -0.519. The number of carbonyl (C=O) groups is 1. The number of piperidine rings is 1. The summed E-state index contributed by atoms with van der Waals surface area (Å²) in [4.78, 5) is 17.2. The second kappa shape index (κ2) is 12.7. The zero-order chi connectivity index (χ0) is 25.3. The highest BCUT2D eigenvalue weighted by atomic mass is 19.1. The Balaban J connectivity index is 1.28. The van der Waals surface area contributed by atoms with E-state index in [-0.39, 0.29) is 36.0 Å². The zero-order valence-electron chi connectivity index (χ0n) is 20.9. The Morgan fingerprint density at radius 2 is 1.67 bits per heavy atom. The van der Waals surface area contributed by atoms with E-state index in [4.69, 9.17) is 0 Å². The molecule has 1 saturated heterocycles. The molecule has 1 amide bonds. The van der Waals surface area contributed by atoms with Gasteiger partial charge >= 0.3 is 0 Å². The van der Waals surface area contributed by atoms with Crippen LogP contribution < -0.4 is 5.32 Å². The Morgan fingerprint density at radius 1 is 0.944 bits per heavy atom. The van der Waals surface area contributed by atoms with Gasteiger partial charge in [0.15, 0.2) is 0 Å². The second-order valence-electron chi connectivity index (χ2n) is 9.75. The van der Waals surface area contributed by atoms with E-state index in [1.165, 1.54) is 23.8 Å². The fraction of sp³-hybridized carbons (Fsp3) is 0.367. The third-order valence-corrected chi connectivity index (χ3v) is 6.99. The van der Waals surface area contributed by atoms with E-state index in [0.717, 1.165) is 56.6 Å². The molecule has 0 bridgehead atoms. The fourth-order valence-electron chi connectivity index (χ4n) is 5.01. The topological polar surface area (TPSA) is 35.6 Å². The predicted octanol–water partition coefficient (Wildman–Crippen LogP) is 5.35. The third kappa shape index (κ3) is 7.70. The molecule has 0 aromatic heterocycles. The van der Waals surface area contributed by atoms with E-state index in [2.05, 4.69) is 34.3 Å². The summed E-state index contributed by atoms with van der Waals surface area (Å²) < 4.78 is 27.1. The summed E-state index contributed by atoms with van der Waals surface area (Å²) in [5.41, 5.74) is 3.05. The molecule has 4 rings (SSSR count). The highest BCUT2D eigenvalue weighted by Gasteiger charge is 2.23. The summed E-state index contributed by atoms with van der Waals surface area (Å²) in [6.45, 7) is 3.54. The van der Waals surface area contributed by atoms with Crippen molar-refractivity contribution in [3.05, 3.63) is 107 Å². The van der Waals surface area contributed by atoms with Gasteiger partial charge in [-0.1, -0.05) is 54.6 Å². The van der Waals surface area contributed by atoms with Crippen molar-refractivity contribution in [2.24, 2.45) is 0 Å². The quantitative estimate of drug-likeness (QED) is 0.415. The average Bonchev–Trinajstić information content (AvgIpc) is 2.87. The van der Waals surface area contributed by atoms with Crippen molar-refractivity contribution >= 4 is 5.91 Å². The highest BCUT2D eigenvalue weighted by molar-refractivity contribution is 5.78. The van der Waals surface area contributed by atoms with E-state index in [0.29, 0.717) is 0 Å². The van der Waals surface area contributed by atoms with Crippen LogP contribution in [0.5, 0.6) is 0 Å². The first kappa shape index (κ1) is 26.0. The largest absolute Gasteiger partial charge is 0.353 e. The molecule has 1 aliphatic rings. The predicted molar refractivity (Wildman–Crippen MR) is 139 cm³/mol. The van der Waals surface area contributed by atoms with E-state index in [9.17, 15) is 13.6 Å². The lowest BCUT2D eigenvalue weighted by molar-refractivity contribution is -0.121. The van der Waals surface area contributed by atoms with Crippen LogP contribution >= 0.6 is 0 Å². The number of likely N-dealkylation sites (tertiary alicyclic amines) is 1. The van der Waals surface area contributed by atoms with Gasteiger partial charge in [-0.05, 0) is 73.8 Å². The number of halogens is 2. The van der Waals surface area contributed by atoms with Gasteiger partial charge in [-0.2, -0.15) is 0 Å². The van der Waals surface area contributed by atoms with Gasteiger partial charge in [-0.25, -0.2) is 8.78 Å². The molecule has 0 radical (unpaired) electrons. The summed E-state index contributed by atoms with van der Waals surface area (Å²) in [6, 6.07) is 23.6. The summed E-state index contributed by atoms with van der Waals surface area (Å²) in [5, 5.41) is 3.14. The van der Waals surface area contributed by atoms with Gasteiger partial charge in [0.25, 0.3) is 0 Å². The Bertz CT molecular complexity index is 1100. The molecule has 1 atom stereocenters. The van der Waals surface area contributed by atoms with Crippen LogP contribution in [-0.4, -0.2) is 48.4 Å². The Labute approximate surface area is 212 Å². The molecule has 0 aliphatic carbocycles. The van der Waals surface area contributed by atoms with Crippen LogP contribution in [0.3, 0.4) is 0 Å². The average molecular weight is 492 g/mol. The SMILES string of the molecule is CN(Cc1ccccc1)[C@@H](CCN1CCC(NC(=O)Cc2ccc(F)cc2)CC1)c1cccc(F)c1. The minimum Gasteiger partial charge on any atom is -0.353 e. The summed E-state index contributed by atoms with van der Waals surface area (Å²) in [7, 11) is 2.10. The van der Waals surface area contributed by atoms with Gasteiger partial charge < -0.3 is 10.2 Å². The maximum atomic E-state index is 14.0. The van der Waals surface area contributed by atoms with Gasteiger partial charge in [0.1, 0.15) is 11.6 Å². The minimum atomic E-state index is -0.294. The first-order valence-corrected chi connectivity index (χ1v) is 12.7. The lowest BCUT2D eigenvalue weighted by atomic mass is 9.99. The Kier molecular flexibility index (Phi) is 9.20. The monoisotopic (exact) mass is 491 g/mol. The van der Waals surface area contributed by atoms with Crippen molar-refractivity contribution < 1.29 is 13.6 Å². The number of benzene rings is 3. The standard InChI is InChI=1S/C30H35F2N3O/c1-34(22-24-6-3-2-4-7-24)29(25-8-5-9-27(32)21-25)16-19-35-17-14-28(15-18-35)33-30(36)20-23-10-12-26(31)13-11-23/h2-13,21,28-29H,14-20,22H2,1H3,(H,33,36)/t29-/m0/s1. The molecule has 0 saturated carbocycles. The number of carbonyl (C=O) groups excluding carboxylic acids is 1. The summed E-state index contributed by atoms with van der Waals surface area (Å²) >= 11 is 0. The molecule has 1 aliphatic heterocycles. The van der Waals surface area contributed by atoms with E-state index in [1.807, 2.05) is 24.3 Å². The Morgan fingerprint density at radius 3 is 2.36 bits per heavy atom. The number of hydrogen-bond donors (Lipinski definition) is 1. The molecule has 190 valence electrons. The van der Waals surface area contributed by atoms with Crippen LogP contribution in [0.25, 0.3) is 0 Å². The van der Waals surface area contributed by atoms with Crippen LogP contribution in [-0.2, 0) is 17.8 Å². The number of nitrogens with one attached hydrogen (secondary N) is 1. The van der Waals surface area contributed by atoms with Crippen LogP contribution in [0.4, 0.5) is 8.78 Å². The minimum absolute atomic E-state index is 0.0197. The molecule has 3 aromatic carbocycles. The number of nitrogens with zero attached hydrogens (tertiary/aromatic N) is 2. The second-order valence-corrected chi connectivity index (χ2v) is 9.75. The highest BCUT2D eigenvalue weighted by Crippen LogP contribution is 2.26. The zero-order valence-corrected chi connectivity index (χ0v) is 20.9. The normalized spacial score (nSPS) is 15.7. The molecule has 0 spiro atoms. The van der Waals surface area contributed by atoms with Gasteiger partial charge in [0, 0.05) is 31.7 Å². The smallest absolute Gasteiger partial charge is 0.224 e. The van der Waals surface area contributed by atoms with E-state index < -0.39 is 0 Å². The van der Waals surface area contributed by atoms with Crippen molar-refractivity contribution in [1.82, 2.24) is 15.1 Å². The van der Waals surface area contributed by atoms with E-state index in [1.54, 1.807) is 24.3 Å². The third-order valence-electron chi connectivity index (χ3n) is 6.99. The van der Waals surface area contributed by atoms with Crippen LogP contribution in [0, 0.1) is 11.6 Å². The molecule has 1 fully saturated rings. The maximum absolute atomic E-state index is 14.0. The fourth-order valence-corrected chi connectivity index (χ4v) is 5.01. The summed E-state index contributed by atoms with van der Waals surface area (Å²) in [6.07, 6.45) is 2.97. The molecule has 3 aromatic rings. The first-order chi connectivity index (χ1) is 17.5. The van der Waals surface area contributed by atoms with Gasteiger partial charge in [-0.3, -0.25) is 9.69 Å². The van der Waals surface area contributed by atoms with Gasteiger partial charge in [0.05, 0.1) is 6.42 Å². The molecule has 4 nitrogen and oxygen atoms in total. The van der Waals surface area contributed by atoms with Crippen LogP contribution in [0.2, 0.25) is 0 Å². The Hall–Kier alpha value is -3.09. The van der Waals surface area contributed by atoms with Crippen LogP contribution in [0.15, 0.2) is 78.9 Å². The molecule has 1 N–H and O–H groups in total. The number of amides is 1. The van der Waals surface area contributed by atoms with Crippen molar-refractivity contribution in [2.45, 2.75) is 44.3 Å². The first-order valence-electron chi connectivity index (χ1n) is 12.7. The van der Waals surface area contributed by atoms with Gasteiger partial charge in [-0.15, -0.1) is 0 Å². The number of rotatable bonds is 10. The number of hydrogen-bond acceptors (Lipinski definition) is 3. The molecular formula is C30H35F2N3O. The lowest BCUT2D eigenvalue weighted by Crippen LogP contribution is -2.45. The van der Waals surface area contributed by atoms with Crippen LogP contribution in [0.1, 0.15) is 42.0 Å². The molecule has 0 unspecified atom stereocenters. The van der Waals surface area contributed by atoms with Gasteiger partial charge in [0.2, 0.25) is 5.91 Å². The molecule has 1 heterocycles. The molecule has 36 heavy (non-hydrogen) atoms. The van der Waals surface area contributed by atoms with Crippen molar-refractivity contribution in [3.8, 4) is 0 Å². The van der Waals surface area contributed by atoms with Crippen molar-refractivity contribution in [2.75, 3.05) is 26.7 Å². The van der Waals surface area contributed by atoms with Crippen molar-refractivity contribution in [1.29, 1.82) is 0 Å². The molecular weight excluding hydrogens is 456 g/mol. The maximum Gasteiger partial charge on any atom is 0.224 e.